The molecule has 0 aliphatic heterocycles. The quantitative estimate of drug-likeness (QED) is 0.605. The van der Waals surface area contributed by atoms with E-state index in [4.69, 9.17) is 5.11 Å². The highest BCUT2D eigenvalue weighted by Crippen LogP contribution is 2.08. The van der Waals surface area contributed by atoms with Crippen molar-refractivity contribution in [2.24, 2.45) is 0 Å². The normalized spacial score (nSPS) is 11.0. The molecular formula is C10H21N3O3. The molecule has 0 aromatic heterocycles. The lowest BCUT2D eigenvalue weighted by Gasteiger charge is -2.28. The average Bonchev–Trinajstić information content (AvgIpc) is 2.10. The van der Waals surface area contributed by atoms with E-state index in [2.05, 4.69) is 10.6 Å². The van der Waals surface area contributed by atoms with Crippen molar-refractivity contribution in [2.75, 3.05) is 27.2 Å². The molecule has 0 radical (unpaired) electrons. The number of aliphatic carboxylic acids is 1. The molecule has 3 N–H and O–H groups in total. The third-order valence-electron chi connectivity index (χ3n) is 2.08. The highest BCUT2D eigenvalue weighted by Gasteiger charge is 2.24. The summed E-state index contributed by atoms with van der Waals surface area (Å²) in [5.74, 6) is -0.928. The maximum atomic E-state index is 11.6. The van der Waals surface area contributed by atoms with Crippen molar-refractivity contribution in [3.8, 4) is 0 Å². The van der Waals surface area contributed by atoms with Gasteiger partial charge in [-0.2, -0.15) is 0 Å². The van der Waals surface area contributed by atoms with Crippen molar-refractivity contribution in [1.82, 2.24) is 15.5 Å². The van der Waals surface area contributed by atoms with Gasteiger partial charge in [-0.05, 0) is 20.9 Å². The highest BCUT2D eigenvalue weighted by atomic mass is 16.4. The monoisotopic (exact) mass is 231 g/mol. The van der Waals surface area contributed by atoms with Gasteiger partial charge < -0.3 is 20.6 Å². The number of nitrogens with one attached hydrogen (secondary N) is 2. The van der Waals surface area contributed by atoms with Crippen LogP contribution in [-0.2, 0) is 4.79 Å². The number of hydrogen-bond donors (Lipinski definition) is 3. The first-order chi connectivity index (χ1) is 7.28. The summed E-state index contributed by atoms with van der Waals surface area (Å²) in [6.45, 7) is 4.64. The predicted octanol–water partition coefficient (Wildman–Crippen LogP) is 0.101. The second-order valence-corrected chi connectivity index (χ2v) is 4.41. The van der Waals surface area contributed by atoms with Crippen molar-refractivity contribution < 1.29 is 14.7 Å². The lowest BCUT2D eigenvalue weighted by atomic mass is 10.0. The van der Waals surface area contributed by atoms with Gasteiger partial charge >= 0.3 is 12.0 Å². The summed E-state index contributed by atoms with van der Waals surface area (Å²) in [6.07, 6.45) is -0.0986. The van der Waals surface area contributed by atoms with Gasteiger partial charge in [0.2, 0.25) is 0 Å². The molecule has 6 heteroatoms. The van der Waals surface area contributed by atoms with Crippen molar-refractivity contribution in [2.45, 2.75) is 25.8 Å². The average molecular weight is 231 g/mol. The Morgan fingerprint density at radius 2 is 1.94 bits per heavy atom. The third-order valence-corrected chi connectivity index (χ3v) is 2.08. The number of urea groups is 1. The Bertz CT molecular complexity index is 254. The molecule has 0 unspecified atom stereocenters. The standard InChI is InChI=1S/C10H21N3O3/c1-10(2,7-8(14)15)12-9(16)13(4)6-5-11-3/h11H,5-7H2,1-4H3,(H,12,16)(H,14,15). The van der Waals surface area contributed by atoms with E-state index in [1.54, 1.807) is 27.9 Å². The molecule has 0 fully saturated rings. The molecule has 0 saturated heterocycles. The first-order valence-corrected chi connectivity index (χ1v) is 5.18. The number of carboxylic acids is 1. The van der Waals surface area contributed by atoms with Crippen molar-refractivity contribution >= 4 is 12.0 Å². The van der Waals surface area contributed by atoms with Gasteiger partial charge in [-0.15, -0.1) is 0 Å². The summed E-state index contributed by atoms with van der Waals surface area (Å²) < 4.78 is 0. The summed E-state index contributed by atoms with van der Waals surface area (Å²) in [5.41, 5.74) is -0.739. The second-order valence-electron chi connectivity index (χ2n) is 4.41. The molecule has 0 spiro atoms. The molecule has 0 atom stereocenters. The second kappa shape index (κ2) is 6.32. The van der Waals surface area contributed by atoms with Crippen LogP contribution < -0.4 is 10.6 Å². The fraction of sp³-hybridized carbons (Fsp3) is 0.800. The number of amides is 2. The molecule has 94 valence electrons. The maximum absolute atomic E-state index is 11.6. The Hall–Kier alpha value is -1.30. The number of carbonyl (C=O) groups is 2. The zero-order chi connectivity index (χ0) is 12.8. The van der Waals surface area contributed by atoms with Crippen LogP contribution in [0.3, 0.4) is 0 Å². The molecule has 6 nitrogen and oxygen atoms in total. The molecule has 2 amide bonds. The SMILES string of the molecule is CNCCN(C)C(=O)NC(C)(C)CC(=O)O. The summed E-state index contributed by atoms with van der Waals surface area (Å²) in [4.78, 5) is 23.7. The van der Waals surface area contributed by atoms with E-state index in [0.29, 0.717) is 13.1 Å². The van der Waals surface area contributed by atoms with Crippen LogP contribution in [0.5, 0.6) is 0 Å². The predicted molar refractivity (Wildman–Crippen MR) is 61.4 cm³/mol. The molecule has 0 rings (SSSR count). The largest absolute Gasteiger partial charge is 0.481 e. The van der Waals surface area contributed by atoms with Gasteiger partial charge in [-0.1, -0.05) is 0 Å². The molecular weight excluding hydrogens is 210 g/mol. The van der Waals surface area contributed by atoms with Crippen molar-refractivity contribution in [1.29, 1.82) is 0 Å². The number of nitrogens with zero attached hydrogens (tertiary/aromatic N) is 1. The van der Waals surface area contributed by atoms with E-state index < -0.39 is 11.5 Å². The zero-order valence-electron chi connectivity index (χ0n) is 10.3. The van der Waals surface area contributed by atoms with E-state index in [1.165, 1.54) is 4.90 Å². The fourth-order valence-electron chi connectivity index (χ4n) is 1.19. The molecule has 0 aromatic carbocycles. The van der Waals surface area contributed by atoms with Crippen LogP contribution in [-0.4, -0.2) is 54.7 Å². The van der Waals surface area contributed by atoms with E-state index in [0.717, 1.165) is 0 Å². The molecule has 0 aliphatic carbocycles. The maximum Gasteiger partial charge on any atom is 0.317 e. The minimum Gasteiger partial charge on any atom is -0.481 e. The Morgan fingerprint density at radius 3 is 2.38 bits per heavy atom. The molecule has 0 aromatic rings. The topological polar surface area (TPSA) is 81.7 Å². The molecule has 0 saturated carbocycles. The number of hydrogen-bond acceptors (Lipinski definition) is 3. The molecule has 0 bridgehead atoms. The van der Waals surface area contributed by atoms with E-state index in [1.807, 2.05) is 0 Å². The Kier molecular flexibility index (Phi) is 5.81. The minimum absolute atomic E-state index is 0.0986. The Morgan fingerprint density at radius 1 is 1.38 bits per heavy atom. The van der Waals surface area contributed by atoms with Gasteiger partial charge in [0.05, 0.1) is 6.42 Å². The van der Waals surface area contributed by atoms with Gasteiger partial charge in [0.1, 0.15) is 0 Å². The van der Waals surface area contributed by atoms with Crippen molar-refractivity contribution in [3.05, 3.63) is 0 Å². The van der Waals surface area contributed by atoms with Crippen LogP contribution >= 0.6 is 0 Å². The smallest absolute Gasteiger partial charge is 0.317 e. The van der Waals surface area contributed by atoms with Crippen LogP contribution in [0.1, 0.15) is 20.3 Å². The highest BCUT2D eigenvalue weighted by molar-refractivity contribution is 5.76. The Balaban J connectivity index is 4.15. The molecule has 16 heavy (non-hydrogen) atoms. The first kappa shape index (κ1) is 14.7. The van der Waals surface area contributed by atoms with Gasteiger partial charge in [0, 0.05) is 25.7 Å². The number of rotatable bonds is 6. The van der Waals surface area contributed by atoms with Crippen LogP contribution in [0, 0.1) is 0 Å². The van der Waals surface area contributed by atoms with E-state index >= 15 is 0 Å². The summed E-state index contributed by atoms with van der Waals surface area (Å²) in [6, 6.07) is -0.262. The lowest BCUT2D eigenvalue weighted by molar-refractivity contribution is -0.138. The Labute approximate surface area is 96.0 Å². The van der Waals surface area contributed by atoms with Crippen LogP contribution in [0.4, 0.5) is 4.79 Å². The van der Waals surface area contributed by atoms with Gasteiger partial charge in [0.25, 0.3) is 0 Å². The number of carbonyl (C=O) groups excluding carboxylic acids is 1. The minimum atomic E-state index is -0.928. The number of likely N-dealkylation sites (N-methyl/N-ethyl adjacent to an activating group) is 2. The van der Waals surface area contributed by atoms with Gasteiger partial charge in [-0.25, -0.2) is 4.79 Å². The van der Waals surface area contributed by atoms with Crippen LogP contribution in [0.15, 0.2) is 0 Å². The number of carboxylic acid groups (broad SMARTS) is 1. The van der Waals surface area contributed by atoms with E-state index in [9.17, 15) is 9.59 Å². The van der Waals surface area contributed by atoms with Gasteiger partial charge in [0.15, 0.2) is 0 Å². The zero-order valence-corrected chi connectivity index (χ0v) is 10.3. The first-order valence-electron chi connectivity index (χ1n) is 5.18. The summed E-state index contributed by atoms with van der Waals surface area (Å²) >= 11 is 0. The lowest BCUT2D eigenvalue weighted by Crippen LogP contribution is -2.50. The molecule has 0 aliphatic rings. The van der Waals surface area contributed by atoms with E-state index in [-0.39, 0.29) is 12.5 Å². The van der Waals surface area contributed by atoms with Crippen molar-refractivity contribution in [3.63, 3.8) is 0 Å². The van der Waals surface area contributed by atoms with Gasteiger partial charge in [-0.3, -0.25) is 4.79 Å². The molecule has 0 heterocycles. The summed E-state index contributed by atoms with van der Waals surface area (Å²) in [7, 11) is 3.48. The van der Waals surface area contributed by atoms with Crippen LogP contribution in [0.2, 0.25) is 0 Å². The summed E-state index contributed by atoms with van der Waals surface area (Å²) in [5, 5.41) is 14.3. The van der Waals surface area contributed by atoms with Crippen LogP contribution in [0.25, 0.3) is 0 Å². The fourth-order valence-corrected chi connectivity index (χ4v) is 1.19. The third kappa shape index (κ3) is 6.23.